The Labute approximate surface area is 135 Å². The van der Waals surface area contributed by atoms with Crippen LogP contribution in [-0.2, 0) is 20.9 Å². The zero-order valence-electron chi connectivity index (χ0n) is 13.7. The molecule has 1 aliphatic heterocycles. The molecule has 0 aromatic carbocycles. The number of carbonyl (C=O) groups excluding carboxylic acids is 2. The predicted molar refractivity (Wildman–Crippen MR) is 85.7 cm³/mol. The highest BCUT2D eigenvalue weighted by Crippen LogP contribution is 2.09. The Hall–Kier alpha value is -1.93. The molecule has 1 aliphatic rings. The molecule has 0 radical (unpaired) electrons. The maximum atomic E-state index is 12.1. The Bertz CT molecular complexity index is 537. The molecule has 0 spiro atoms. The molecule has 1 atom stereocenters. The number of rotatable bonds is 6. The van der Waals surface area contributed by atoms with Crippen LogP contribution < -0.4 is 11.1 Å². The average molecular weight is 323 g/mol. The molecule has 0 bridgehead atoms. The zero-order chi connectivity index (χ0) is 16.8. The van der Waals surface area contributed by atoms with Crippen molar-refractivity contribution >= 4 is 17.5 Å². The van der Waals surface area contributed by atoms with E-state index in [0.29, 0.717) is 44.3 Å². The minimum Gasteiger partial charge on any atom is -0.378 e. The van der Waals surface area contributed by atoms with Gasteiger partial charge >= 0.3 is 0 Å². The van der Waals surface area contributed by atoms with E-state index in [1.165, 1.54) is 10.9 Å². The van der Waals surface area contributed by atoms with Gasteiger partial charge in [0.05, 0.1) is 31.1 Å². The molecule has 128 valence electrons. The molecule has 1 fully saturated rings. The van der Waals surface area contributed by atoms with Gasteiger partial charge in [-0.25, -0.2) is 0 Å². The van der Waals surface area contributed by atoms with Gasteiger partial charge in [-0.15, -0.1) is 0 Å². The third kappa shape index (κ3) is 5.33. The normalized spacial score (nSPS) is 16.4. The molecule has 2 amide bonds. The van der Waals surface area contributed by atoms with E-state index < -0.39 is 6.04 Å². The Morgan fingerprint density at radius 3 is 2.74 bits per heavy atom. The number of nitrogens with one attached hydrogen (secondary N) is 1. The van der Waals surface area contributed by atoms with Crippen molar-refractivity contribution in [3.8, 4) is 0 Å². The lowest BCUT2D eigenvalue weighted by Crippen LogP contribution is -2.42. The predicted octanol–water partition coefficient (Wildman–Crippen LogP) is 0.0538. The first kappa shape index (κ1) is 17.4. The second-order valence-electron chi connectivity index (χ2n) is 6.15. The number of aromatic nitrogens is 2. The SMILES string of the molecule is CC(C)C[C@H](N)C(=O)Nc1cnn(CC(=O)N2CCOCC2)c1. The second kappa shape index (κ2) is 8.07. The van der Waals surface area contributed by atoms with E-state index in [0.717, 1.165) is 0 Å². The number of carbonyl (C=O) groups is 2. The van der Waals surface area contributed by atoms with Crippen LogP contribution in [0.25, 0.3) is 0 Å². The first-order chi connectivity index (χ1) is 11.0. The maximum absolute atomic E-state index is 12.1. The highest BCUT2D eigenvalue weighted by Gasteiger charge is 2.18. The van der Waals surface area contributed by atoms with Crippen molar-refractivity contribution < 1.29 is 14.3 Å². The molecule has 8 nitrogen and oxygen atoms in total. The summed E-state index contributed by atoms with van der Waals surface area (Å²) in [5.74, 6) is 0.105. The van der Waals surface area contributed by atoms with Crippen LogP contribution in [0.3, 0.4) is 0 Å². The number of nitrogens with two attached hydrogens (primary N) is 1. The molecule has 1 aromatic rings. The Kier molecular flexibility index (Phi) is 6.12. The van der Waals surface area contributed by atoms with E-state index in [1.807, 2.05) is 13.8 Å². The lowest BCUT2D eigenvalue weighted by Gasteiger charge is -2.26. The van der Waals surface area contributed by atoms with Crippen LogP contribution in [0.1, 0.15) is 20.3 Å². The van der Waals surface area contributed by atoms with Crippen LogP contribution in [0, 0.1) is 5.92 Å². The van der Waals surface area contributed by atoms with E-state index in [9.17, 15) is 9.59 Å². The second-order valence-corrected chi connectivity index (χ2v) is 6.15. The van der Waals surface area contributed by atoms with Gasteiger partial charge in [-0.3, -0.25) is 14.3 Å². The van der Waals surface area contributed by atoms with E-state index in [-0.39, 0.29) is 18.4 Å². The van der Waals surface area contributed by atoms with Crippen molar-refractivity contribution in [1.29, 1.82) is 0 Å². The van der Waals surface area contributed by atoms with Gasteiger partial charge in [0.15, 0.2) is 0 Å². The van der Waals surface area contributed by atoms with Crippen molar-refractivity contribution in [3.63, 3.8) is 0 Å². The van der Waals surface area contributed by atoms with E-state index in [4.69, 9.17) is 10.5 Å². The van der Waals surface area contributed by atoms with Gasteiger partial charge in [0.2, 0.25) is 11.8 Å². The van der Waals surface area contributed by atoms with Crippen molar-refractivity contribution in [1.82, 2.24) is 14.7 Å². The quantitative estimate of drug-likeness (QED) is 0.770. The van der Waals surface area contributed by atoms with Gasteiger partial charge in [-0.2, -0.15) is 5.10 Å². The minimum absolute atomic E-state index is 0.00853. The van der Waals surface area contributed by atoms with Crippen molar-refractivity contribution in [3.05, 3.63) is 12.4 Å². The van der Waals surface area contributed by atoms with Gasteiger partial charge in [0, 0.05) is 19.3 Å². The molecular weight excluding hydrogens is 298 g/mol. The third-order valence-corrected chi connectivity index (χ3v) is 3.62. The molecule has 0 unspecified atom stereocenters. The molecule has 8 heteroatoms. The summed E-state index contributed by atoms with van der Waals surface area (Å²) in [5, 5.41) is 6.83. The fourth-order valence-electron chi connectivity index (χ4n) is 2.42. The monoisotopic (exact) mass is 323 g/mol. The molecule has 2 rings (SSSR count). The van der Waals surface area contributed by atoms with Crippen LogP contribution in [-0.4, -0.2) is 58.8 Å². The summed E-state index contributed by atoms with van der Waals surface area (Å²) in [6.07, 6.45) is 3.78. The Morgan fingerprint density at radius 1 is 1.39 bits per heavy atom. The number of ether oxygens (including phenoxy) is 1. The fraction of sp³-hybridized carbons (Fsp3) is 0.667. The Morgan fingerprint density at radius 2 is 2.09 bits per heavy atom. The highest BCUT2D eigenvalue weighted by atomic mass is 16.5. The van der Waals surface area contributed by atoms with Crippen LogP contribution in [0.2, 0.25) is 0 Å². The van der Waals surface area contributed by atoms with E-state index >= 15 is 0 Å². The third-order valence-electron chi connectivity index (χ3n) is 3.62. The van der Waals surface area contributed by atoms with Gasteiger partial charge in [-0.05, 0) is 12.3 Å². The number of nitrogens with zero attached hydrogens (tertiary/aromatic N) is 3. The van der Waals surface area contributed by atoms with Gasteiger partial charge in [-0.1, -0.05) is 13.8 Å². The number of morpholine rings is 1. The molecular formula is C15H25N5O3. The van der Waals surface area contributed by atoms with Crippen LogP contribution in [0.15, 0.2) is 12.4 Å². The lowest BCUT2D eigenvalue weighted by molar-refractivity contribution is -0.136. The molecule has 0 aliphatic carbocycles. The number of hydrogen-bond acceptors (Lipinski definition) is 5. The zero-order valence-corrected chi connectivity index (χ0v) is 13.7. The summed E-state index contributed by atoms with van der Waals surface area (Å²) in [7, 11) is 0. The van der Waals surface area contributed by atoms with E-state index in [1.54, 1.807) is 11.1 Å². The van der Waals surface area contributed by atoms with Crippen LogP contribution in [0.5, 0.6) is 0 Å². The summed E-state index contributed by atoms with van der Waals surface area (Å²) in [4.78, 5) is 25.8. The first-order valence-electron chi connectivity index (χ1n) is 7.90. The van der Waals surface area contributed by atoms with Crippen LogP contribution >= 0.6 is 0 Å². The van der Waals surface area contributed by atoms with Crippen molar-refractivity contribution in [2.75, 3.05) is 31.6 Å². The first-order valence-corrected chi connectivity index (χ1v) is 7.90. The summed E-state index contributed by atoms with van der Waals surface area (Å²) in [6.45, 7) is 6.53. The Balaban J connectivity index is 1.85. The van der Waals surface area contributed by atoms with Crippen molar-refractivity contribution in [2.45, 2.75) is 32.9 Å². The lowest BCUT2D eigenvalue weighted by atomic mass is 10.0. The molecule has 2 heterocycles. The standard InChI is InChI=1S/C15H25N5O3/c1-11(2)7-13(16)15(22)18-12-8-17-20(9-12)10-14(21)19-3-5-23-6-4-19/h8-9,11,13H,3-7,10,16H2,1-2H3,(H,18,22)/t13-/m0/s1. The molecule has 23 heavy (non-hydrogen) atoms. The average Bonchev–Trinajstić information content (AvgIpc) is 2.94. The smallest absolute Gasteiger partial charge is 0.244 e. The molecule has 0 saturated carbocycles. The van der Waals surface area contributed by atoms with Crippen molar-refractivity contribution in [2.24, 2.45) is 11.7 Å². The van der Waals surface area contributed by atoms with Gasteiger partial charge in [0.1, 0.15) is 6.54 Å². The topological polar surface area (TPSA) is 102 Å². The van der Waals surface area contributed by atoms with E-state index in [2.05, 4.69) is 10.4 Å². The molecule has 1 aromatic heterocycles. The summed E-state index contributed by atoms with van der Waals surface area (Å²) < 4.78 is 6.74. The van der Waals surface area contributed by atoms with Gasteiger partial charge in [0.25, 0.3) is 0 Å². The summed E-state index contributed by atoms with van der Waals surface area (Å²) in [5.41, 5.74) is 6.38. The number of amides is 2. The number of anilines is 1. The number of hydrogen-bond donors (Lipinski definition) is 2. The molecule has 1 saturated heterocycles. The largest absolute Gasteiger partial charge is 0.378 e. The summed E-state index contributed by atoms with van der Waals surface area (Å²) >= 11 is 0. The maximum Gasteiger partial charge on any atom is 0.244 e. The minimum atomic E-state index is -0.548. The molecule has 3 N–H and O–H groups in total. The van der Waals surface area contributed by atoms with Crippen LogP contribution in [0.4, 0.5) is 5.69 Å². The summed E-state index contributed by atoms with van der Waals surface area (Å²) in [6, 6.07) is -0.548. The highest BCUT2D eigenvalue weighted by molar-refractivity contribution is 5.94. The van der Waals surface area contributed by atoms with Gasteiger partial charge < -0.3 is 20.7 Å². The fourth-order valence-corrected chi connectivity index (χ4v) is 2.42.